The Labute approximate surface area is 123 Å². The first kappa shape index (κ1) is 15.2. The second kappa shape index (κ2) is 6.53. The summed E-state index contributed by atoms with van der Waals surface area (Å²) in [4.78, 5) is 14.9. The van der Waals surface area contributed by atoms with Gasteiger partial charge in [0.15, 0.2) is 5.78 Å². The maximum absolute atomic E-state index is 12.6. The molecule has 1 aromatic carbocycles. The number of likely N-dealkylation sites (tertiary alicyclic amines) is 1. The lowest BCUT2D eigenvalue weighted by atomic mass is 9.87. The van der Waals surface area contributed by atoms with Crippen LogP contribution in [0, 0.1) is 11.8 Å². The van der Waals surface area contributed by atoms with Crippen molar-refractivity contribution in [2.75, 3.05) is 13.1 Å². The van der Waals surface area contributed by atoms with Crippen LogP contribution in [0.15, 0.2) is 24.3 Å². The molecule has 0 saturated carbocycles. The molecule has 0 aliphatic carbocycles. The molecule has 1 fully saturated rings. The Balaban J connectivity index is 2.04. The Morgan fingerprint density at radius 1 is 1.25 bits per heavy atom. The molecule has 1 aromatic rings. The van der Waals surface area contributed by atoms with Crippen molar-refractivity contribution in [1.29, 1.82) is 0 Å². The first-order valence-electron chi connectivity index (χ1n) is 7.90. The van der Waals surface area contributed by atoms with Gasteiger partial charge in [-0.2, -0.15) is 0 Å². The summed E-state index contributed by atoms with van der Waals surface area (Å²) in [7, 11) is 0. The molecule has 1 saturated heterocycles. The van der Waals surface area contributed by atoms with Crippen molar-refractivity contribution in [3.05, 3.63) is 35.4 Å². The van der Waals surface area contributed by atoms with Crippen molar-refractivity contribution in [2.45, 2.75) is 46.6 Å². The van der Waals surface area contributed by atoms with Crippen molar-refractivity contribution >= 4 is 5.78 Å². The number of hydrogen-bond donors (Lipinski definition) is 0. The Kier molecular flexibility index (Phi) is 4.98. The number of piperidine rings is 1. The van der Waals surface area contributed by atoms with Crippen molar-refractivity contribution < 1.29 is 4.79 Å². The van der Waals surface area contributed by atoms with Crippen molar-refractivity contribution in [2.24, 2.45) is 11.8 Å². The summed E-state index contributed by atoms with van der Waals surface area (Å²) in [6.45, 7) is 10.9. The molecule has 2 rings (SSSR count). The fourth-order valence-corrected chi connectivity index (χ4v) is 2.96. The van der Waals surface area contributed by atoms with Crippen LogP contribution in [0.4, 0.5) is 0 Å². The van der Waals surface area contributed by atoms with E-state index < -0.39 is 0 Å². The highest BCUT2D eigenvalue weighted by molar-refractivity contribution is 5.99. The van der Waals surface area contributed by atoms with Gasteiger partial charge in [0.25, 0.3) is 0 Å². The third kappa shape index (κ3) is 3.29. The fraction of sp³-hybridized carbons (Fsp3) is 0.611. The van der Waals surface area contributed by atoms with Crippen LogP contribution in [0.3, 0.4) is 0 Å². The molecule has 0 spiro atoms. The molecule has 1 aliphatic heterocycles. The van der Waals surface area contributed by atoms with Crippen LogP contribution in [-0.2, 0) is 6.42 Å². The second-order valence-electron chi connectivity index (χ2n) is 6.33. The lowest BCUT2D eigenvalue weighted by Crippen LogP contribution is -2.46. The number of carbonyl (C=O) groups excluding carboxylic acids is 1. The van der Waals surface area contributed by atoms with Gasteiger partial charge in [-0.3, -0.25) is 9.69 Å². The maximum Gasteiger partial charge on any atom is 0.179 e. The average molecular weight is 273 g/mol. The van der Waals surface area contributed by atoms with Gasteiger partial charge in [0, 0.05) is 12.1 Å². The summed E-state index contributed by atoms with van der Waals surface area (Å²) < 4.78 is 0. The van der Waals surface area contributed by atoms with Gasteiger partial charge < -0.3 is 0 Å². The Morgan fingerprint density at radius 2 is 1.90 bits per heavy atom. The number of benzene rings is 1. The highest BCUT2D eigenvalue weighted by Crippen LogP contribution is 2.24. The maximum atomic E-state index is 12.6. The highest BCUT2D eigenvalue weighted by Gasteiger charge is 2.29. The lowest BCUT2D eigenvalue weighted by molar-refractivity contribution is 0.0689. The number of aryl methyl sites for hydroxylation is 1. The first-order valence-corrected chi connectivity index (χ1v) is 7.90. The van der Waals surface area contributed by atoms with Crippen molar-refractivity contribution in [3.8, 4) is 0 Å². The van der Waals surface area contributed by atoms with Crippen LogP contribution in [-0.4, -0.2) is 29.8 Å². The summed E-state index contributed by atoms with van der Waals surface area (Å²) in [6, 6.07) is 8.10. The zero-order valence-electron chi connectivity index (χ0n) is 13.2. The van der Waals surface area contributed by atoms with E-state index >= 15 is 0 Å². The third-order valence-corrected chi connectivity index (χ3v) is 4.94. The molecule has 2 nitrogen and oxygen atoms in total. The quantitative estimate of drug-likeness (QED) is 0.778. The van der Waals surface area contributed by atoms with E-state index in [0.717, 1.165) is 31.0 Å². The number of rotatable bonds is 4. The highest BCUT2D eigenvalue weighted by atomic mass is 16.1. The van der Waals surface area contributed by atoms with E-state index in [2.05, 4.69) is 44.7 Å². The van der Waals surface area contributed by atoms with Crippen LogP contribution < -0.4 is 0 Å². The molecule has 0 radical (unpaired) electrons. The molecule has 2 heteroatoms. The summed E-state index contributed by atoms with van der Waals surface area (Å²) in [5, 5.41) is 0. The molecular weight excluding hydrogens is 246 g/mol. The molecular formula is C18H27NO. The Hall–Kier alpha value is -1.15. The number of nitrogens with zero attached hydrogens (tertiary/aromatic N) is 1. The van der Waals surface area contributed by atoms with Crippen LogP contribution >= 0.6 is 0 Å². The number of carbonyl (C=O) groups is 1. The van der Waals surface area contributed by atoms with Gasteiger partial charge in [0.2, 0.25) is 0 Å². The third-order valence-electron chi connectivity index (χ3n) is 4.94. The normalized spacial score (nSPS) is 25.4. The van der Waals surface area contributed by atoms with Gasteiger partial charge in [0.05, 0.1) is 6.04 Å². The predicted octanol–water partition coefficient (Wildman–Crippen LogP) is 3.80. The minimum absolute atomic E-state index is 0.00238. The zero-order valence-corrected chi connectivity index (χ0v) is 13.2. The van der Waals surface area contributed by atoms with Crippen LogP contribution in [0.5, 0.6) is 0 Å². The Morgan fingerprint density at radius 3 is 2.45 bits per heavy atom. The van der Waals surface area contributed by atoms with E-state index in [9.17, 15) is 4.79 Å². The predicted molar refractivity (Wildman–Crippen MR) is 84.1 cm³/mol. The van der Waals surface area contributed by atoms with Crippen molar-refractivity contribution in [1.82, 2.24) is 4.90 Å². The number of Topliss-reactive ketones (excluding diaryl/α,β-unsaturated/α-hetero) is 1. The minimum atomic E-state index is -0.00238. The smallest absolute Gasteiger partial charge is 0.179 e. The van der Waals surface area contributed by atoms with E-state index in [1.165, 1.54) is 12.0 Å². The molecule has 3 atom stereocenters. The molecule has 0 bridgehead atoms. The van der Waals surface area contributed by atoms with E-state index in [-0.39, 0.29) is 11.8 Å². The molecule has 110 valence electrons. The molecule has 3 unspecified atom stereocenters. The van der Waals surface area contributed by atoms with Crippen LogP contribution in [0.25, 0.3) is 0 Å². The van der Waals surface area contributed by atoms with Gasteiger partial charge in [-0.15, -0.1) is 0 Å². The van der Waals surface area contributed by atoms with E-state index in [0.29, 0.717) is 5.92 Å². The average Bonchev–Trinajstić information content (AvgIpc) is 2.48. The van der Waals surface area contributed by atoms with Crippen LogP contribution in [0.2, 0.25) is 0 Å². The lowest BCUT2D eigenvalue weighted by Gasteiger charge is -2.38. The fourth-order valence-electron chi connectivity index (χ4n) is 2.96. The van der Waals surface area contributed by atoms with Gasteiger partial charge in [-0.1, -0.05) is 45.0 Å². The minimum Gasteiger partial charge on any atom is -0.293 e. The standard InChI is InChI=1S/C18H27NO/c1-5-16-6-8-17(9-7-16)18(20)15(4)19-11-10-13(2)14(3)12-19/h6-9,13-15H,5,10-12H2,1-4H3. The molecule has 1 heterocycles. The first-order chi connectivity index (χ1) is 9.52. The largest absolute Gasteiger partial charge is 0.293 e. The van der Waals surface area contributed by atoms with Gasteiger partial charge in [-0.25, -0.2) is 0 Å². The summed E-state index contributed by atoms with van der Waals surface area (Å²) >= 11 is 0. The van der Waals surface area contributed by atoms with E-state index in [1.807, 2.05) is 12.1 Å². The molecule has 0 amide bonds. The van der Waals surface area contributed by atoms with Crippen molar-refractivity contribution in [3.63, 3.8) is 0 Å². The SMILES string of the molecule is CCc1ccc(C(=O)C(C)N2CCC(C)C(C)C2)cc1. The number of ketones is 1. The monoisotopic (exact) mass is 273 g/mol. The second-order valence-corrected chi connectivity index (χ2v) is 6.33. The van der Waals surface area contributed by atoms with E-state index in [4.69, 9.17) is 0 Å². The molecule has 1 aliphatic rings. The Bertz CT molecular complexity index is 451. The summed E-state index contributed by atoms with van der Waals surface area (Å²) in [5.41, 5.74) is 2.13. The van der Waals surface area contributed by atoms with Gasteiger partial charge in [0.1, 0.15) is 0 Å². The molecule has 0 N–H and O–H groups in total. The molecule has 20 heavy (non-hydrogen) atoms. The number of hydrogen-bond acceptors (Lipinski definition) is 2. The van der Waals surface area contributed by atoms with Crippen LogP contribution in [0.1, 0.15) is 50.0 Å². The summed E-state index contributed by atoms with van der Waals surface area (Å²) in [5.74, 6) is 1.72. The summed E-state index contributed by atoms with van der Waals surface area (Å²) in [6.07, 6.45) is 2.22. The van der Waals surface area contributed by atoms with Gasteiger partial charge >= 0.3 is 0 Å². The topological polar surface area (TPSA) is 20.3 Å². The zero-order chi connectivity index (χ0) is 14.7. The van der Waals surface area contributed by atoms with Gasteiger partial charge in [-0.05, 0) is 43.7 Å². The van der Waals surface area contributed by atoms with E-state index in [1.54, 1.807) is 0 Å². The molecule has 0 aromatic heterocycles.